The number of nitrogens with one attached hydrogen (secondary N) is 1. The van der Waals surface area contributed by atoms with E-state index in [1.54, 1.807) is 7.11 Å². The van der Waals surface area contributed by atoms with Crippen LogP contribution in [0.3, 0.4) is 0 Å². The summed E-state index contributed by atoms with van der Waals surface area (Å²) in [5, 5.41) is 3.33. The molecule has 0 fully saturated rings. The first kappa shape index (κ1) is 10.8. The lowest BCUT2D eigenvalue weighted by molar-refractivity contribution is 0.412. The van der Waals surface area contributed by atoms with Crippen molar-refractivity contribution in [3.05, 3.63) is 23.8 Å². The topological polar surface area (TPSA) is 21.3 Å². The number of benzene rings is 1. The van der Waals surface area contributed by atoms with E-state index in [0.717, 1.165) is 5.75 Å². The van der Waals surface area contributed by atoms with Gasteiger partial charge in [-0.2, -0.15) is 0 Å². The number of likely N-dealkylation sites (N-methyl/N-ethyl adjacent to an activating group) is 1. The second-order valence-electron chi connectivity index (χ2n) is 3.90. The Morgan fingerprint density at radius 2 is 2.33 bits per heavy atom. The summed E-state index contributed by atoms with van der Waals surface area (Å²) in [5.41, 5.74) is 1.43. The lowest BCUT2D eigenvalue weighted by atomic mass is 9.94. The maximum atomic E-state index is 5.27. The number of ether oxygens (including phenoxy) is 1. The summed E-state index contributed by atoms with van der Waals surface area (Å²) in [6.45, 7) is 2.24. The van der Waals surface area contributed by atoms with Crippen molar-refractivity contribution in [2.45, 2.75) is 23.8 Å². The fourth-order valence-corrected chi connectivity index (χ4v) is 3.33. The maximum Gasteiger partial charge on any atom is 0.119 e. The van der Waals surface area contributed by atoms with Crippen molar-refractivity contribution >= 4 is 11.8 Å². The highest BCUT2D eigenvalue weighted by molar-refractivity contribution is 7.99. The van der Waals surface area contributed by atoms with E-state index in [9.17, 15) is 0 Å². The quantitative estimate of drug-likeness (QED) is 0.850. The number of methoxy groups -OCH3 is 1. The van der Waals surface area contributed by atoms with Gasteiger partial charge in [0.05, 0.1) is 7.11 Å². The molecule has 15 heavy (non-hydrogen) atoms. The van der Waals surface area contributed by atoms with Crippen LogP contribution in [0.5, 0.6) is 5.75 Å². The van der Waals surface area contributed by atoms with Crippen LogP contribution >= 0.6 is 11.8 Å². The third kappa shape index (κ3) is 1.99. The monoisotopic (exact) mass is 223 g/mol. The van der Waals surface area contributed by atoms with Crippen LogP contribution in [0.15, 0.2) is 23.1 Å². The van der Waals surface area contributed by atoms with E-state index in [2.05, 4.69) is 24.4 Å². The van der Waals surface area contributed by atoms with Gasteiger partial charge in [0.1, 0.15) is 5.75 Å². The molecule has 2 unspecified atom stereocenters. The van der Waals surface area contributed by atoms with Crippen molar-refractivity contribution < 1.29 is 4.74 Å². The smallest absolute Gasteiger partial charge is 0.119 e. The van der Waals surface area contributed by atoms with Gasteiger partial charge >= 0.3 is 0 Å². The molecule has 0 bridgehead atoms. The molecule has 2 atom stereocenters. The molecule has 0 aliphatic carbocycles. The molecule has 0 aromatic heterocycles. The minimum atomic E-state index is 0.519. The number of hydrogen-bond donors (Lipinski definition) is 1. The molecule has 1 heterocycles. The van der Waals surface area contributed by atoms with Crippen molar-refractivity contribution in [2.75, 3.05) is 19.9 Å². The van der Waals surface area contributed by atoms with E-state index >= 15 is 0 Å². The minimum absolute atomic E-state index is 0.519. The molecule has 0 radical (unpaired) electrons. The van der Waals surface area contributed by atoms with E-state index in [1.807, 2.05) is 24.9 Å². The van der Waals surface area contributed by atoms with E-state index in [-0.39, 0.29) is 0 Å². The van der Waals surface area contributed by atoms with E-state index < -0.39 is 0 Å². The molecule has 1 aromatic rings. The molecular weight excluding hydrogens is 206 g/mol. The van der Waals surface area contributed by atoms with Crippen molar-refractivity contribution in [1.29, 1.82) is 0 Å². The van der Waals surface area contributed by atoms with Gasteiger partial charge in [-0.3, -0.25) is 0 Å². The van der Waals surface area contributed by atoms with Gasteiger partial charge in [-0.25, -0.2) is 0 Å². The average Bonchev–Trinajstić information content (AvgIpc) is 2.70. The zero-order valence-corrected chi connectivity index (χ0v) is 10.2. The van der Waals surface area contributed by atoms with Gasteiger partial charge in [-0.1, -0.05) is 0 Å². The van der Waals surface area contributed by atoms with E-state index in [0.29, 0.717) is 12.0 Å². The summed E-state index contributed by atoms with van der Waals surface area (Å²) >= 11 is 1.94. The van der Waals surface area contributed by atoms with Crippen LogP contribution in [-0.2, 0) is 0 Å². The predicted octanol–water partition coefficient (Wildman–Crippen LogP) is 2.49. The third-order valence-electron chi connectivity index (χ3n) is 3.09. The highest BCUT2D eigenvalue weighted by Gasteiger charge is 2.27. The van der Waals surface area contributed by atoms with Gasteiger partial charge < -0.3 is 10.1 Å². The summed E-state index contributed by atoms with van der Waals surface area (Å²) in [6, 6.07) is 6.90. The van der Waals surface area contributed by atoms with E-state index in [1.165, 1.54) is 16.2 Å². The van der Waals surface area contributed by atoms with Crippen molar-refractivity contribution in [3.8, 4) is 5.75 Å². The fourth-order valence-electron chi connectivity index (χ4n) is 1.96. The average molecular weight is 223 g/mol. The molecule has 1 N–H and O–H groups in total. The summed E-state index contributed by atoms with van der Waals surface area (Å²) < 4.78 is 5.27. The van der Waals surface area contributed by atoms with Crippen LogP contribution < -0.4 is 10.1 Å². The Kier molecular flexibility index (Phi) is 3.22. The first-order chi connectivity index (χ1) is 7.26. The van der Waals surface area contributed by atoms with Gasteiger partial charge in [0, 0.05) is 22.6 Å². The first-order valence-electron chi connectivity index (χ1n) is 5.24. The van der Waals surface area contributed by atoms with Crippen LogP contribution in [0, 0.1) is 0 Å². The lowest BCUT2D eigenvalue weighted by Gasteiger charge is -2.19. The Labute approximate surface area is 95.4 Å². The second-order valence-corrected chi connectivity index (χ2v) is 4.96. The van der Waals surface area contributed by atoms with Crippen LogP contribution in [0.1, 0.15) is 18.4 Å². The molecule has 1 aromatic carbocycles. The van der Waals surface area contributed by atoms with Gasteiger partial charge in [0.25, 0.3) is 0 Å². The van der Waals surface area contributed by atoms with Crippen molar-refractivity contribution in [1.82, 2.24) is 5.32 Å². The maximum absolute atomic E-state index is 5.27. The fraction of sp³-hybridized carbons (Fsp3) is 0.500. The van der Waals surface area contributed by atoms with Crippen LogP contribution in [0.4, 0.5) is 0 Å². The highest BCUT2D eigenvalue weighted by atomic mass is 32.2. The van der Waals surface area contributed by atoms with Crippen molar-refractivity contribution in [2.24, 2.45) is 0 Å². The Bertz CT molecular complexity index is 353. The molecule has 2 rings (SSSR count). The molecule has 0 saturated carbocycles. The highest BCUT2D eigenvalue weighted by Crippen LogP contribution is 2.42. The zero-order chi connectivity index (χ0) is 10.8. The summed E-state index contributed by atoms with van der Waals surface area (Å²) in [5.74, 6) is 2.74. The number of thioether (sulfide) groups is 1. The number of rotatable bonds is 3. The number of hydrogen-bond acceptors (Lipinski definition) is 3. The SMILES string of the molecule is CNC(C)C1CSc2ccc(OC)cc21. The van der Waals surface area contributed by atoms with Crippen LogP contribution in [-0.4, -0.2) is 26.0 Å². The molecule has 3 heteroatoms. The molecule has 2 nitrogen and oxygen atoms in total. The Balaban J connectivity index is 2.31. The zero-order valence-electron chi connectivity index (χ0n) is 9.41. The Morgan fingerprint density at radius 1 is 1.53 bits per heavy atom. The Morgan fingerprint density at radius 3 is 3.00 bits per heavy atom. The molecule has 1 aliphatic rings. The molecule has 1 aliphatic heterocycles. The second kappa shape index (κ2) is 4.45. The third-order valence-corrected chi connectivity index (χ3v) is 4.30. The van der Waals surface area contributed by atoms with Gasteiger partial charge in [-0.15, -0.1) is 11.8 Å². The number of fused-ring (bicyclic) bond motifs is 1. The summed E-state index contributed by atoms with van der Waals surface area (Å²) in [4.78, 5) is 1.41. The van der Waals surface area contributed by atoms with Crippen LogP contribution in [0.25, 0.3) is 0 Å². The molecule has 0 saturated heterocycles. The molecular formula is C12H17NOS. The Hall–Kier alpha value is -0.670. The van der Waals surface area contributed by atoms with Gasteiger partial charge in [0.15, 0.2) is 0 Å². The van der Waals surface area contributed by atoms with Gasteiger partial charge in [0.2, 0.25) is 0 Å². The van der Waals surface area contributed by atoms with Crippen molar-refractivity contribution in [3.63, 3.8) is 0 Å². The minimum Gasteiger partial charge on any atom is -0.497 e. The van der Waals surface area contributed by atoms with E-state index in [4.69, 9.17) is 4.74 Å². The predicted molar refractivity (Wildman–Crippen MR) is 65.0 cm³/mol. The molecule has 0 spiro atoms. The lowest BCUT2D eigenvalue weighted by Crippen LogP contribution is -2.28. The summed E-state index contributed by atoms with van der Waals surface area (Å²) in [6.07, 6.45) is 0. The summed E-state index contributed by atoms with van der Waals surface area (Å²) in [7, 11) is 3.74. The largest absolute Gasteiger partial charge is 0.497 e. The normalized spacial score (nSPS) is 21.1. The van der Waals surface area contributed by atoms with Crippen LogP contribution in [0.2, 0.25) is 0 Å². The van der Waals surface area contributed by atoms with Gasteiger partial charge in [-0.05, 0) is 37.7 Å². The first-order valence-corrected chi connectivity index (χ1v) is 6.23. The molecule has 82 valence electrons. The molecule has 0 amide bonds. The standard InChI is InChI=1S/C12H17NOS/c1-8(13-2)11-7-15-12-5-4-9(14-3)6-10(11)12/h4-6,8,11,13H,7H2,1-3H3.